The lowest BCUT2D eigenvalue weighted by Crippen LogP contribution is -2.37. The van der Waals surface area contributed by atoms with Gasteiger partial charge in [0.15, 0.2) is 0 Å². The van der Waals surface area contributed by atoms with E-state index in [0.717, 1.165) is 25.7 Å². The normalized spacial score (nSPS) is 30.2. The van der Waals surface area contributed by atoms with E-state index in [1.165, 1.54) is 5.56 Å². The Balaban J connectivity index is 2.13. The van der Waals surface area contributed by atoms with Gasteiger partial charge in [-0.1, -0.05) is 6.92 Å². The Kier molecular flexibility index (Phi) is 3.33. The zero-order valence-corrected chi connectivity index (χ0v) is 10.4. The number of thiophene rings is 1. The SMILES string of the molecule is CC1CCC(Cc2ccsc2)(C(=O)O)CC1. The highest BCUT2D eigenvalue weighted by atomic mass is 32.1. The number of hydrogen-bond donors (Lipinski definition) is 1. The van der Waals surface area contributed by atoms with Crippen LogP contribution in [0.5, 0.6) is 0 Å². The fraction of sp³-hybridized carbons (Fsp3) is 0.615. The Hall–Kier alpha value is -0.830. The maximum Gasteiger partial charge on any atom is 0.309 e. The number of carboxylic acids is 1. The van der Waals surface area contributed by atoms with Crippen molar-refractivity contribution in [1.29, 1.82) is 0 Å². The van der Waals surface area contributed by atoms with Gasteiger partial charge in [0.25, 0.3) is 0 Å². The molecule has 0 unspecified atom stereocenters. The van der Waals surface area contributed by atoms with Crippen LogP contribution in [-0.4, -0.2) is 11.1 Å². The van der Waals surface area contributed by atoms with Gasteiger partial charge in [-0.2, -0.15) is 11.3 Å². The molecule has 0 atom stereocenters. The van der Waals surface area contributed by atoms with Crippen LogP contribution in [0.2, 0.25) is 0 Å². The van der Waals surface area contributed by atoms with Gasteiger partial charge in [-0.15, -0.1) is 0 Å². The van der Waals surface area contributed by atoms with Gasteiger partial charge in [0.2, 0.25) is 0 Å². The summed E-state index contributed by atoms with van der Waals surface area (Å²) in [5.41, 5.74) is 0.690. The molecule has 3 heteroatoms. The van der Waals surface area contributed by atoms with Crippen LogP contribution in [0.25, 0.3) is 0 Å². The van der Waals surface area contributed by atoms with Gasteiger partial charge < -0.3 is 5.11 Å². The molecule has 1 aromatic heterocycles. The summed E-state index contributed by atoms with van der Waals surface area (Å²) >= 11 is 1.65. The van der Waals surface area contributed by atoms with E-state index in [-0.39, 0.29) is 0 Å². The van der Waals surface area contributed by atoms with E-state index in [2.05, 4.69) is 12.3 Å². The summed E-state index contributed by atoms with van der Waals surface area (Å²) in [5.74, 6) is 0.0838. The van der Waals surface area contributed by atoms with Gasteiger partial charge in [-0.3, -0.25) is 4.79 Å². The first-order valence-corrected chi connectivity index (χ1v) is 6.81. The lowest BCUT2D eigenvalue weighted by atomic mass is 9.68. The maximum atomic E-state index is 11.5. The molecule has 88 valence electrons. The standard InChI is InChI=1S/C13H18O2S/c1-10-2-5-13(6-3-10,12(14)15)8-11-4-7-16-9-11/h4,7,9-10H,2-3,5-6,8H2,1H3,(H,14,15). The fourth-order valence-electron chi connectivity index (χ4n) is 2.56. The van der Waals surface area contributed by atoms with E-state index in [1.54, 1.807) is 11.3 Å². The molecule has 1 fully saturated rings. The average Bonchev–Trinajstić information content (AvgIpc) is 2.74. The first-order chi connectivity index (χ1) is 7.62. The van der Waals surface area contributed by atoms with Crippen molar-refractivity contribution in [1.82, 2.24) is 0 Å². The van der Waals surface area contributed by atoms with Crippen molar-refractivity contribution in [3.8, 4) is 0 Å². The van der Waals surface area contributed by atoms with Crippen molar-refractivity contribution in [2.45, 2.75) is 39.0 Å². The molecule has 2 nitrogen and oxygen atoms in total. The fourth-order valence-corrected chi connectivity index (χ4v) is 3.23. The zero-order chi connectivity index (χ0) is 11.6. The molecule has 1 aliphatic carbocycles. The van der Waals surface area contributed by atoms with E-state index in [1.807, 2.05) is 11.4 Å². The second-order valence-corrected chi connectivity index (χ2v) is 5.86. The number of carbonyl (C=O) groups is 1. The summed E-state index contributed by atoms with van der Waals surface area (Å²) in [4.78, 5) is 11.5. The highest BCUT2D eigenvalue weighted by molar-refractivity contribution is 7.07. The van der Waals surface area contributed by atoms with Crippen LogP contribution < -0.4 is 0 Å². The summed E-state index contributed by atoms with van der Waals surface area (Å²) in [5, 5.41) is 13.6. The van der Waals surface area contributed by atoms with Crippen molar-refractivity contribution in [3.05, 3.63) is 22.4 Å². The van der Waals surface area contributed by atoms with E-state index in [9.17, 15) is 9.90 Å². The minimum Gasteiger partial charge on any atom is -0.481 e. The molecule has 0 aliphatic heterocycles. The number of rotatable bonds is 3. The van der Waals surface area contributed by atoms with E-state index in [4.69, 9.17) is 0 Å². The lowest BCUT2D eigenvalue weighted by Gasteiger charge is -2.35. The first-order valence-electron chi connectivity index (χ1n) is 5.87. The molecule has 1 N–H and O–H groups in total. The summed E-state index contributed by atoms with van der Waals surface area (Å²) in [6.07, 6.45) is 4.48. The molecule has 0 saturated heterocycles. The Labute approximate surface area is 100 Å². The van der Waals surface area contributed by atoms with Crippen LogP contribution in [0.1, 0.15) is 38.2 Å². The van der Waals surface area contributed by atoms with Gasteiger partial charge in [-0.05, 0) is 60.4 Å². The van der Waals surface area contributed by atoms with Crippen molar-refractivity contribution in [2.24, 2.45) is 11.3 Å². The highest BCUT2D eigenvalue weighted by Crippen LogP contribution is 2.41. The van der Waals surface area contributed by atoms with E-state index in [0.29, 0.717) is 12.3 Å². The molecule has 1 aliphatic rings. The molecule has 1 heterocycles. The quantitative estimate of drug-likeness (QED) is 0.874. The summed E-state index contributed by atoms with van der Waals surface area (Å²) in [6.45, 7) is 2.22. The predicted octanol–water partition coefficient (Wildman–Crippen LogP) is 3.57. The predicted molar refractivity (Wildman–Crippen MR) is 65.7 cm³/mol. The van der Waals surface area contributed by atoms with Crippen molar-refractivity contribution < 1.29 is 9.90 Å². The van der Waals surface area contributed by atoms with Gasteiger partial charge in [0, 0.05) is 0 Å². The van der Waals surface area contributed by atoms with Crippen molar-refractivity contribution >= 4 is 17.3 Å². The summed E-state index contributed by atoms with van der Waals surface area (Å²) in [7, 11) is 0. The molecule has 0 aromatic carbocycles. The number of hydrogen-bond acceptors (Lipinski definition) is 2. The third-order valence-corrected chi connectivity index (χ3v) is 4.54. The molecule has 1 saturated carbocycles. The summed E-state index contributed by atoms with van der Waals surface area (Å²) < 4.78 is 0. The maximum absolute atomic E-state index is 11.5. The van der Waals surface area contributed by atoms with Crippen molar-refractivity contribution in [2.75, 3.05) is 0 Å². The van der Waals surface area contributed by atoms with Crippen LogP contribution in [-0.2, 0) is 11.2 Å². The van der Waals surface area contributed by atoms with Crippen LogP contribution in [0.4, 0.5) is 0 Å². The first kappa shape index (κ1) is 11.6. The monoisotopic (exact) mass is 238 g/mol. The van der Waals surface area contributed by atoms with Crippen LogP contribution in [0.15, 0.2) is 16.8 Å². The zero-order valence-electron chi connectivity index (χ0n) is 9.61. The van der Waals surface area contributed by atoms with Crippen LogP contribution in [0.3, 0.4) is 0 Å². The van der Waals surface area contributed by atoms with Gasteiger partial charge in [0.05, 0.1) is 5.41 Å². The average molecular weight is 238 g/mol. The molecular formula is C13H18O2S. The second kappa shape index (κ2) is 4.58. The van der Waals surface area contributed by atoms with Gasteiger partial charge in [-0.25, -0.2) is 0 Å². The Bertz CT molecular complexity index is 348. The molecule has 0 radical (unpaired) electrons. The minimum atomic E-state index is -0.606. The molecule has 0 bridgehead atoms. The third-order valence-electron chi connectivity index (χ3n) is 3.81. The molecule has 0 spiro atoms. The molecule has 1 aromatic rings. The molecular weight excluding hydrogens is 220 g/mol. The summed E-state index contributed by atoms with van der Waals surface area (Å²) in [6, 6.07) is 2.05. The van der Waals surface area contributed by atoms with Gasteiger partial charge >= 0.3 is 5.97 Å². The minimum absolute atomic E-state index is 0.492. The van der Waals surface area contributed by atoms with E-state index >= 15 is 0 Å². The van der Waals surface area contributed by atoms with Crippen molar-refractivity contribution in [3.63, 3.8) is 0 Å². The molecule has 0 amide bonds. The largest absolute Gasteiger partial charge is 0.481 e. The topological polar surface area (TPSA) is 37.3 Å². The Morgan fingerprint density at radius 3 is 2.75 bits per heavy atom. The van der Waals surface area contributed by atoms with Gasteiger partial charge in [0.1, 0.15) is 0 Å². The number of carboxylic acid groups (broad SMARTS) is 1. The second-order valence-electron chi connectivity index (χ2n) is 5.08. The molecule has 2 rings (SSSR count). The third kappa shape index (κ3) is 2.29. The molecule has 16 heavy (non-hydrogen) atoms. The Morgan fingerprint density at radius 2 is 2.25 bits per heavy atom. The Morgan fingerprint density at radius 1 is 1.56 bits per heavy atom. The lowest BCUT2D eigenvalue weighted by molar-refractivity contribution is -0.151. The number of aliphatic carboxylic acids is 1. The van der Waals surface area contributed by atoms with E-state index < -0.39 is 11.4 Å². The van der Waals surface area contributed by atoms with Crippen LogP contribution >= 0.6 is 11.3 Å². The smallest absolute Gasteiger partial charge is 0.309 e. The highest BCUT2D eigenvalue weighted by Gasteiger charge is 2.41. The van der Waals surface area contributed by atoms with Crippen LogP contribution in [0, 0.1) is 11.3 Å².